The summed E-state index contributed by atoms with van der Waals surface area (Å²) in [4.78, 5) is 28.0. The van der Waals surface area contributed by atoms with Crippen molar-refractivity contribution in [2.45, 2.75) is 125 Å². The number of hydrogen-bond donors (Lipinski definition) is 8. The molecule has 2 aliphatic heterocycles. The van der Waals surface area contributed by atoms with Crippen LogP contribution in [0.5, 0.6) is 0 Å². The number of hydrogen-bond acceptors (Lipinski definition) is 13. The van der Waals surface area contributed by atoms with Crippen molar-refractivity contribution >= 4 is 11.6 Å². The first-order chi connectivity index (χ1) is 21.5. The SMILES string of the molecule is COC1CC(OC2OC(CO)C(O)(CCC3CCNC(N)C3)C(O)C2O)C2C(=O)C3C(O)CC(CCCCO)CC3C(=O)C2C1. The van der Waals surface area contributed by atoms with Crippen LogP contribution in [0.1, 0.15) is 70.6 Å². The maximum atomic E-state index is 14.1. The number of ketones is 2. The highest BCUT2D eigenvalue weighted by Crippen LogP contribution is 2.50. The quantitative estimate of drug-likeness (QED) is 0.126. The number of Topliss-reactive ketones (excluding diaryl/α,β-unsaturated/α-hetero) is 2. The standard InChI is InChI=1S/C32H54N2O11/c1-43-18-13-20-26(28(39)25-19(27(20)38)10-17(11-21(25)37)4-2-3-9-35)22(14-18)44-31-29(40)30(41)32(42,23(15-36)45-31)7-5-16-6-8-34-24(33)12-16/h16-26,29-31,34-37,40-42H,2-15,33H2,1H3. The van der Waals surface area contributed by atoms with Crippen LogP contribution in [0.15, 0.2) is 0 Å². The summed E-state index contributed by atoms with van der Waals surface area (Å²) in [6, 6.07) is 0. The molecule has 45 heavy (non-hydrogen) atoms. The smallest absolute Gasteiger partial charge is 0.187 e. The van der Waals surface area contributed by atoms with Gasteiger partial charge in [-0.15, -0.1) is 0 Å². The number of rotatable bonds is 11. The summed E-state index contributed by atoms with van der Waals surface area (Å²) < 4.78 is 17.8. The average molecular weight is 643 g/mol. The van der Waals surface area contributed by atoms with Crippen molar-refractivity contribution in [3.05, 3.63) is 0 Å². The molecule has 2 saturated heterocycles. The lowest BCUT2D eigenvalue weighted by Crippen LogP contribution is -2.68. The summed E-state index contributed by atoms with van der Waals surface area (Å²) in [5, 5.41) is 67.5. The Morgan fingerprint density at radius 3 is 2.40 bits per heavy atom. The van der Waals surface area contributed by atoms with E-state index in [2.05, 4.69) is 5.32 Å². The molecular weight excluding hydrogens is 588 g/mol. The number of aliphatic hydroxyl groups excluding tert-OH is 5. The Bertz CT molecular complexity index is 1020. The number of carbonyl (C=O) groups is 2. The largest absolute Gasteiger partial charge is 0.396 e. The number of piperidine rings is 1. The topological polar surface area (TPSA) is 221 Å². The van der Waals surface area contributed by atoms with Crippen LogP contribution in [-0.4, -0.2) is 124 Å². The third kappa shape index (κ3) is 7.19. The number of aliphatic hydroxyl groups is 6. The third-order valence-electron chi connectivity index (χ3n) is 11.5. The van der Waals surface area contributed by atoms with Gasteiger partial charge in [-0.3, -0.25) is 9.59 Å². The molecular formula is C32H54N2O11. The van der Waals surface area contributed by atoms with E-state index in [0.717, 1.165) is 25.8 Å². The summed E-state index contributed by atoms with van der Waals surface area (Å²) in [5.74, 6) is -3.09. The molecule has 0 aromatic carbocycles. The van der Waals surface area contributed by atoms with E-state index in [1.54, 1.807) is 0 Å². The number of nitrogens with two attached hydrogens (primary N) is 1. The Labute approximate surface area is 264 Å². The predicted octanol–water partition coefficient (Wildman–Crippen LogP) is -1.03. The fourth-order valence-corrected chi connectivity index (χ4v) is 9.04. The lowest BCUT2D eigenvalue weighted by atomic mass is 9.55. The van der Waals surface area contributed by atoms with Crippen molar-refractivity contribution in [1.82, 2.24) is 5.32 Å². The molecule has 0 amide bonds. The van der Waals surface area contributed by atoms with E-state index in [4.69, 9.17) is 25.1 Å². The van der Waals surface area contributed by atoms with Gasteiger partial charge in [-0.1, -0.05) is 12.8 Å². The Kier molecular flexibility index (Phi) is 11.7. The van der Waals surface area contributed by atoms with Gasteiger partial charge in [0, 0.05) is 32.0 Å². The van der Waals surface area contributed by atoms with Crippen LogP contribution in [0.4, 0.5) is 0 Å². The van der Waals surface area contributed by atoms with Crippen molar-refractivity contribution < 1.29 is 54.4 Å². The molecule has 0 bridgehead atoms. The Morgan fingerprint density at radius 2 is 1.71 bits per heavy atom. The first-order valence-electron chi connectivity index (χ1n) is 16.9. The number of methoxy groups -OCH3 is 1. The number of fused-ring (bicyclic) bond motifs is 2. The van der Waals surface area contributed by atoms with Gasteiger partial charge in [-0.2, -0.15) is 0 Å². The average Bonchev–Trinajstić information content (AvgIpc) is 3.02. The summed E-state index contributed by atoms with van der Waals surface area (Å²) in [6.07, 6.45) is -2.83. The molecule has 0 spiro atoms. The highest BCUT2D eigenvalue weighted by Gasteiger charge is 2.60. The third-order valence-corrected chi connectivity index (χ3v) is 11.5. The summed E-state index contributed by atoms with van der Waals surface area (Å²) in [5.41, 5.74) is 4.07. The predicted molar refractivity (Wildman–Crippen MR) is 159 cm³/mol. The second kappa shape index (κ2) is 15.0. The molecule has 0 aromatic rings. The number of carbonyl (C=O) groups excluding carboxylic acids is 2. The van der Waals surface area contributed by atoms with Crippen LogP contribution >= 0.6 is 0 Å². The van der Waals surface area contributed by atoms with E-state index in [-0.39, 0.29) is 49.0 Å². The maximum absolute atomic E-state index is 14.1. The van der Waals surface area contributed by atoms with Crippen molar-refractivity contribution in [3.63, 3.8) is 0 Å². The molecule has 0 radical (unpaired) electrons. The molecule has 15 atom stereocenters. The van der Waals surface area contributed by atoms with E-state index in [1.807, 2.05) is 0 Å². The number of nitrogens with one attached hydrogen (secondary N) is 1. The van der Waals surface area contributed by atoms with Crippen molar-refractivity contribution in [2.75, 3.05) is 26.9 Å². The van der Waals surface area contributed by atoms with E-state index in [1.165, 1.54) is 7.11 Å². The first kappa shape index (κ1) is 35.2. The molecule has 3 saturated carbocycles. The van der Waals surface area contributed by atoms with E-state index in [9.17, 15) is 35.1 Å². The van der Waals surface area contributed by atoms with Crippen molar-refractivity contribution in [2.24, 2.45) is 41.2 Å². The Hall–Kier alpha value is -1.10. The molecule has 5 rings (SSSR count). The minimum Gasteiger partial charge on any atom is -0.396 e. The number of unbranched alkanes of at least 4 members (excludes halogenated alkanes) is 1. The van der Waals surface area contributed by atoms with E-state index >= 15 is 0 Å². The molecule has 0 aromatic heterocycles. The van der Waals surface area contributed by atoms with Gasteiger partial charge in [-0.05, 0) is 69.7 Å². The van der Waals surface area contributed by atoms with Gasteiger partial charge in [-0.25, -0.2) is 0 Å². The molecule has 15 unspecified atom stereocenters. The fourth-order valence-electron chi connectivity index (χ4n) is 9.04. The van der Waals surface area contributed by atoms with Crippen LogP contribution in [-0.2, 0) is 23.8 Å². The van der Waals surface area contributed by atoms with Crippen LogP contribution < -0.4 is 11.1 Å². The van der Waals surface area contributed by atoms with Gasteiger partial charge in [0.05, 0.1) is 42.9 Å². The molecule has 13 nitrogen and oxygen atoms in total. The molecule has 5 aliphatic rings. The highest BCUT2D eigenvalue weighted by molar-refractivity contribution is 6.00. The van der Waals surface area contributed by atoms with Crippen LogP contribution in [0, 0.1) is 35.5 Å². The molecule has 3 aliphatic carbocycles. The molecule has 5 fully saturated rings. The van der Waals surface area contributed by atoms with Crippen molar-refractivity contribution in [1.29, 1.82) is 0 Å². The highest BCUT2D eigenvalue weighted by atomic mass is 16.7. The molecule has 9 N–H and O–H groups in total. The zero-order valence-corrected chi connectivity index (χ0v) is 26.3. The van der Waals surface area contributed by atoms with Gasteiger partial charge in [0.2, 0.25) is 0 Å². The van der Waals surface area contributed by atoms with Gasteiger partial charge in [0.25, 0.3) is 0 Å². The number of ether oxygens (including phenoxy) is 3. The molecule has 13 heteroatoms. The monoisotopic (exact) mass is 642 g/mol. The Balaban J connectivity index is 1.30. The first-order valence-corrected chi connectivity index (χ1v) is 16.9. The minimum absolute atomic E-state index is 0.0649. The lowest BCUT2D eigenvalue weighted by molar-refractivity contribution is -0.346. The zero-order valence-electron chi connectivity index (χ0n) is 26.3. The van der Waals surface area contributed by atoms with E-state index in [0.29, 0.717) is 38.5 Å². The van der Waals surface area contributed by atoms with Gasteiger partial charge >= 0.3 is 0 Å². The lowest BCUT2D eigenvalue weighted by Gasteiger charge is -2.52. The van der Waals surface area contributed by atoms with E-state index < -0.39 is 78.8 Å². The van der Waals surface area contributed by atoms with Crippen molar-refractivity contribution in [3.8, 4) is 0 Å². The normalized spacial score (nSPS) is 47.3. The van der Waals surface area contributed by atoms with Crippen LogP contribution in [0.3, 0.4) is 0 Å². The molecule has 2 heterocycles. The summed E-state index contributed by atoms with van der Waals surface area (Å²) in [7, 11) is 1.52. The van der Waals surface area contributed by atoms with Gasteiger partial charge in [0.1, 0.15) is 35.5 Å². The zero-order chi connectivity index (χ0) is 32.5. The fraction of sp³-hybridized carbons (Fsp3) is 0.938. The second-order valence-electron chi connectivity index (χ2n) is 14.3. The summed E-state index contributed by atoms with van der Waals surface area (Å²) >= 11 is 0. The Morgan fingerprint density at radius 1 is 0.956 bits per heavy atom. The minimum atomic E-state index is -1.95. The second-order valence-corrected chi connectivity index (χ2v) is 14.3. The van der Waals surface area contributed by atoms with Crippen LogP contribution in [0.25, 0.3) is 0 Å². The van der Waals surface area contributed by atoms with Gasteiger partial charge < -0.3 is 55.9 Å². The molecule has 258 valence electrons. The maximum Gasteiger partial charge on any atom is 0.187 e. The van der Waals surface area contributed by atoms with Gasteiger partial charge in [0.15, 0.2) is 6.29 Å². The summed E-state index contributed by atoms with van der Waals surface area (Å²) in [6.45, 7) is 0.184. The van der Waals surface area contributed by atoms with Crippen LogP contribution in [0.2, 0.25) is 0 Å².